The quantitative estimate of drug-likeness (QED) is 0.509. The van der Waals surface area contributed by atoms with Crippen LogP contribution in [0.2, 0.25) is 0 Å². The van der Waals surface area contributed by atoms with Crippen molar-refractivity contribution in [3.05, 3.63) is 33.5 Å². The summed E-state index contributed by atoms with van der Waals surface area (Å²) < 4.78 is 6.66. The van der Waals surface area contributed by atoms with Crippen molar-refractivity contribution in [2.45, 2.75) is 34.2 Å². The van der Waals surface area contributed by atoms with Crippen LogP contribution in [0.3, 0.4) is 0 Å². The van der Waals surface area contributed by atoms with Crippen LogP contribution in [0.15, 0.2) is 6.20 Å². The largest absolute Gasteiger partial charge is 0.465 e. The first-order valence-corrected chi connectivity index (χ1v) is 10.5. The van der Waals surface area contributed by atoms with Gasteiger partial charge in [0.2, 0.25) is 0 Å². The maximum Gasteiger partial charge on any atom is 0.341 e. The monoisotopic (exact) mass is 437 g/mol. The molecule has 0 aliphatic heterocycles. The molecule has 1 amide bonds. The van der Waals surface area contributed by atoms with Gasteiger partial charge in [0.05, 0.1) is 23.2 Å². The number of hydrogen-bond donors (Lipinski definition) is 2. The van der Waals surface area contributed by atoms with E-state index in [1.165, 1.54) is 18.4 Å². The zero-order valence-corrected chi connectivity index (χ0v) is 19.2. The summed E-state index contributed by atoms with van der Waals surface area (Å²) >= 11 is 6.60. The van der Waals surface area contributed by atoms with E-state index in [2.05, 4.69) is 15.7 Å². The summed E-state index contributed by atoms with van der Waals surface area (Å²) in [6, 6.07) is 0. The Labute approximate surface area is 180 Å². The molecule has 158 valence electrons. The van der Waals surface area contributed by atoms with Gasteiger partial charge in [-0.2, -0.15) is 5.10 Å². The molecule has 0 unspecified atom stereocenters. The van der Waals surface area contributed by atoms with Crippen molar-refractivity contribution in [1.29, 1.82) is 0 Å². The zero-order valence-electron chi connectivity index (χ0n) is 17.6. The molecule has 0 saturated heterocycles. The van der Waals surface area contributed by atoms with E-state index in [1.807, 2.05) is 34.0 Å². The number of esters is 1. The molecule has 2 rings (SSSR count). The van der Waals surface area contributed by atoms with Crippen molar-refractivity contribution in [2.24, 2.45) is 7.05 Å². The lowest BCUT2D eigenvalue weighted by Crippen LogP contribution is -2.30. The van der Waals surface area contributed by atoms with Crippen LogP contribution in [-0.2, 0) is 18.3 Å². The van der Waals surface area contributed by atoms with E-state index in [1.54, 1.807) is 16.5 Å². The molecule has 2 aromatic rings. The highest BCUT2D eigenvalue weighted by Gasteiger charge is 2.27. The van der Waals surface area contributed by atoms with Gasteiger partial charge in [-0.25, -0.2) is 4.79 Å². The fraction of sp³-hybridized carbons (Fsp3) is 0.474. The third kappa shape index (κ3) is 5.13. The summed E-state index contributed by atoms with van der Waals surface area (Å²) in [5, 5.41) is 11.3. The number of aromatic nitrogens is 2. The van der Waals surface area contributed by atoms with Gasteiger partial charge in [-0.3, -0.25) is 9.48 Å². The van der Waals surface area contributed by atoms with Gasteiger partial charge in [-0.1, -0.05) is 0 Å². The summed E-state index contributed by atoms with van der Waals surface area (Å²) in [6.45, 7) is 9.20. The first kappa shape index (κ1) is 22.8. The van der Waals surface area contributed by atoms with Crippen LogP contribution >= 0.6 is 23.6 Å². The second kappa shape index (κ2) is 9.84. The number of nitrogens with zero attached hydrogens (tertiary/aromatic N) is 3. The Morgan fingerprint density at radius 1 is 1.31 bits per heavy atom. The standard InChI is InChI=1S/C19H27N5O3S2/c1-7-24(8-2)17(25)15-11(3)14(18(26)27-6)16(29-15)21-19(28)20-9-13-10-23(5)22-12(13)4/h10H,7-9H2,1-6H3,(H2,20,21,28). The molecule has 10 heteroatoms. The predicted octanol–water partition coefficient (Wildman–Crippen LogP) is 2.85. The van der Waals surface area contributed by atoms with Crippen LogP contribution < -0.4 is 10.6 Å². The molecule has 0 aliphatic carbocycles. The molecule has 0 atom stereocenters. The Morgan fingerprint density at radius 3 is 2.48 bits per heavy atom. The molecular formula is C19H27N5O3S2. The highest BCUT2D eigenvalue weighted by molar-refractivity contribution is 7.80. The van der Waals surface area contributed by atoms with E-state index in [0.29, 0.717) is 45.8 Å². The third-order valence-electron chi connectivity index (χ3n) is 4.56. The third-order valence-corrected chi connectivity index (χ3v) is 6.00. The van der Waals surface area contributed by atoms with E-state index < -0.39 is 5.97 Å². The minimum atomic E-state index is -0.509. The second-order valence-corrected chi connectivity index (χ2v) is 7.88. The van der Waals surface area contributed by atoms with E-state index in [-0.39, 0.29) is 5.91 Å². The summed E-state index contributed by atoms with van der Waals surface area (Å²) in [6.07, 6.45) is 1.92. The van der Waals surface area contributed by atoms with E-state index >= 15 is 0 Å². The van der Waals surface area contributed by atoms with Crippen LogP contribution in [-0.4, -0.2) is 51.9 Å². The number of methoxy groups -OCH3 is 1. The average Bonchev–Trinajstić information content (AvgIpc) is 3.18. The van der Waals surface area contributed by atoms with E-state index in [4.69, 9.17) is 17.0 Å². The molecule has 0 fully saturated rings. The van der Waals surface area contributed by atoms with Gasteiger partial charge < -0.3 is 20.3 Å². The number of ether oxygens (including phenoxy) is 1. The van der Waals surface area contributed by atoms with Crippen molar-refractivity contribution < 1.29 is 14.3 Å². The molecule has 0 bridgehead atoms. The number of hydrogen-bond acceptors (Lipinski definition) is 6. The van der Waals surface area contributed by atoms with Crippen LogP contribution in [0.5, 0.6) is 0 Å². The van der Waals surface area contributed by atoms with Crippen LogP contribution in [0, 0.1) is 13.8 Å². The minimum absolute atomic E-state index is 0.111. The molecule has 0 aromatic carbocycles. The van der Waals surface area contributed by atoms with Gasteiger partial charge in [-0.05, 0) is 45.5 Å². The Balaban J connectivity index is 2.24. The molecule has 0 spiro atoms. The lowest BCUT2D eigenvalue weighted by Gasteiger charge is -2.17. The van der Waals surface area contributed by atoms with Crippen molar-refractivity contribution in [3.63, 3.8) is 0 Å². The number of amides is 1. The molecule has 0 saturated carbocycles. The van der Waals surface area contributed by atoms with Crippen LogP contribution in [0.4, 0.5) is 5.00 Å². The molecule has 8 nitrogen and oxygen atoms in total. The summed E-state index contributed by atoms with van der Waals surface area (Å²) in [7, 11) is 3.18. The van der Waals surface area contributed by atoms with Gasteiger partial charge in [0.1, 0.15) is 5.00 Å². The lowest BCUT2D eigenvalue weighted by atomic mass is 10.1. The maximum atomic E-state index is 12.8. The van der Waals surface area contributed by atoms with E-state index in [9.17, 15) is 9.59 Å². The topological polar surface area (TPSA) is 88.5 Å². The SMILES string of the molecule is CCN(CC)C(=O)c1sc(NC(=S)NCc2cn(C)nc2C)c(C(=O)OC)c1C. The van der Waals surface area contributed by atoms with Crippen LogP contribution in [0.25, 0.3) is 0 Å². The summed E-state index contributed by atoms with van der Waals surface area (Å²) in [5.74, 6) is -0.619. The van der Waals surface area contributed by atoms with Gasteiger partial charge in [0, 0.05) is 38.4 Å². The predicted molar refractivity (Wildman–Crippen MR) is 119 cm³/mol. The highest BCUT2D eigenvalue weighted by Crippen LogP contribution is 2.34. The lowest BCUT2D eigenvalue weighted by molar-refractivity contribution is 0.0601. The fourth-order valence-electron chi connectivity index (χ4n) is 2.95. The number of rotatable bonds is 7. The summed E-state index contributed by atoms with van der Waals surface area (Å²) in [4.78, 5) is 27.4. The maximum absolute atomic E-state index is 12.8. The Bertz CT molecular complexity index is 915. The van der Waals surface area contributed by atoms with E-state index in [0.717, 1.165) is 11.3 Å². The first-order valence-electron chi connectivity index (χ1n) is 9.28. The number of anilines is 1. The number of nitrogens with one attached hydrogen (secondary N) is 2. The average molecular weight is 438 g/mol. The Hall–Kier alpha value is -2.46. The van der Waals surface area contributed by atoms with Gasteiger partial charge in [-0.15, -0.1) is 11.3 Å². The number of carbonyl (C=O) groups excluding carboxylic acids is 2. The smallest absolute Gasteiger partial charge is 0.341 e. The van der Waals surface area contributed by atoms with Gasteiger partial charge in [0.25, 0.3) is 5.91 Å². The van der Waals surface area contributed by atoms with Crippen molar-refractivity contribution >= 4 is 45.5 Å². The number of thiocarbonyl (C=S) groups is 1. The first-order chi connectivity index (χ1) is 13.7. The Morgan fingerprint density at radius 2 is 1.97 bits per heavy atom. The number of carbonyl (C=O) groups is 2. The second-order valence-electron chi connectivity index (χ2n) is 6.45. The minimum Gasteiger partial charge on any atom is -0.465 e. The molecule has 0 aliphatic rings. The van der Waals surface area contributed by atoms with Crippen molar-refractivity contribution in [3.8, 4) is 0 Å². The van der Waals surface area contributed by atoms with Crippen molar-refractivity contribution in [1.82, 2.24) is 20.0 Å². The zero-order chi connectivity index (χ0) is 21.7. The normalized spacial score (nSPS) is 10.6. The number of aryl methyl sites for hydroxylation is 2. The molecule has 2 aromatic heterocycles. The molecule has 2 heterocycles. The van der Waals surface area contributed by atoms with Gasteiger partial charge >= 0.3 is 5.97 Å². The summed E-state index contributed by atoms with van der Waals surface area (Å²) in [5.41, 5.74) is 2.85. The molecular weight excluding hydrogens is 410 g/mol. The fourth-order valence-corrected chi connectivity index (χ4v) is 4.36. The number of thiophene rings is 1. The highest BCUT2D eigenvalue weighted by atomic mass is 32.1. The van der Waals surface area contributed by atoms with Crippen molar-refractivity contribution in [2.75, 3.05) is 25.5 Å². The van der Waals surface area contributed by atoms with Gasteiger partial charge in [0.15, 0.2) is 5.11 Å². The molecule has 0 radical (unpaired) electrons. The molecule has 29 heavy (non-hydrogen) atoms. The Kier molecular flexibility index (Phi) is 7.74. The molecule has 2 N–H and O–H groups in total. The van der Waals surface area contributed by atoms with Crippen LogP contribution in [0.1, 0.15) is 50.7 Å².